The monoisotopic (exact) mass is 377 g/mol. The molecule has 1 amide bonds. The van der Waals surface area contributed by atoms with Gasteiger partial charge in [0.25, 0.3) is 0 Å². The molecule has 120 valence electrons. The van der Waals surface area contributed by atoms with Crippen LogP contribution in [0.4, 0.5) is 5.69 Å². The largest absolute Gasteiger partial charge is 0.469 e. The lowest BCUT2D eigenvalue weighted by Crippen LogP contribution is -2.07. The Morgan fingerprint density at radius 3 is 2.65 bits per heavy atom. The lowest BCUT2D eigenvalue weighted by Gasteiger charge is -2.01. The molecule has 23 heavy (non-hydrogen) atoms. The summed E-state index contributed by atoms with van der Waals surface area (Å²) in [6, 6.07) is 10.8. The summed E-state index contributed by atoms with van der Waals surface area (Å²) in [5, 5.41) is 2.74. The number of benzene rings is 1. The molecule has 2 aromatic rings. The minimum Gasteiger partial charge on any atom is -0.469 e. The fourth-order valence-electron chi connectivity index (χ4n) is 1.82. The van der Waals surface area contributed by atoms with Gasteiger partial charge in [-0.1, -0.05) is 15.9 Å². The molecule has 0 bridgehead atoms. The summed E-state index contributed by atoms with van der Waals surface area (Å²) in [7, 11) is 1.35. The minimum atomic E-state index is -0.285. The Balaban J connectivity index is 1.87. The molecular formula is C17H16BrNO4. The highest BCUT2D eigenvalue weighted by atomic mass is 79.9. The van der Waals surface area contributed by atoms with Gasteiger partial charge in [0.05, 0.1) is 13.5 Å². The highest BCUT2D eigenvalue weighted by molar-refractivity contribution is 9.10. The number of anilines is 1. The first-order valence-corrected chi connectivity index (χ1v) is 7.76. The number of amides is 1. The number of carbonyl (C=O) groups is 2. The van der Waals surface area contributed by atoms with Crippen molar-refractivity contribution in [2.75, 3.05) is 12.4 Å². The molecule has 1 heterocycles. The zero-order valence-electron chi connectivity index (χ0n) is 12.5. The standard InChI is InChI=1S/C17H16BrNO4/c1-22-17(21)11-9-15-7-6-14(23-15)8-10-16(20)19-13-4-2-12(18)3-5-13/h2-8,10H,9,11H2,1H3,(H,19,20)/b10-8+. The molecule has 5 nitrogen and oxygen atoms in total. The molecule has 6 heteroatoms. The molecule has 0 aliphatic rings. The van der Waals surface area contributed by atoms with E-state index in [2.05, 4.69) is 26.0 Å². The molecule has 0 aliphatic heterocycles. The Morgan fingerprint density at radius 2 is 1.96 bits per heavy atom. The van der Waals surface area contributed by atoms with Crippen LogP contribution in [0, 0.1) is 0 Å². The summed E-state index contributed by atoms with van der Waals surface area (Å²) in [4.78, 5) is 22.9. The summed E-state index contributed by atoms with van der Waals surface area (Å²) in [6.07, 6.45) is 3.70. The zero-order valence-corrected chi connectivity index (χ0v) is 14.1. The molecular weight excluding hydrogens is 362 g/mol. The maximum atomic E-state index is 11.8. The van der Waals surface area contributed by atoms with E-state index in [4.69, 9.17) is 4.42 Å². The van der Waals surface area contributed by atoms with Crippen molar-refractivity contribution in [3.05, 3.63) is 58.5 Å². The second-order valence-corrected chi connectivity index (χ2v) is 5.63. The lowest BCUT2D eigenvalue weighted by atomic mass is 10.2. The Bertz CT molecular complexity index is 704. The molecule has 1 aromatic heterocycles. The van der Waals surface area contributed by atoms with E-state index >= 15 is 0 Å². The Kier molecular flexibility index (Phi) is 6.17. The summed E-state index contributed by atoms with van der Waals surface area (Å²) >= 11 is 3.33. The van der Waals surface area contributed by atoms with E-state index < -0.39 is 0 Å². The first-order chi connectivity index (χ1) is 11.1. The van der Waals surface area contributed by atoms with Gasteiger partial charge < -0.3 is 14.5 Å². The van der Waals surface area contributed by atoms with E-state index in [1.54, 1.807) is 30.3 Å². The first-order valence-electron chi connectivity index (χ1n) is 6.97. The van der Waals surface area contributed by atoms with Crippen LogP contribution in [-0.4, -0.2) is 19.0 Å². The third-order valence-corrected chi connectivity index (χ3v) is 3.53. The van der Waals surface area contributed by atoms with Crippen LogP contribution in [0.25, 0.3) is 6.08 Å². The van der Waals surface area contributed by atoms with Crippen LogP contribution in [0.5, 0.6) is 0 Å². The average molecular weight is 378 g/mol. The van der Waals surface area contributed by atoms with Crippen molar-refractivity contribution in [1.29, 1.82) is 0 Å². The number of nitrogens with one attached hydrogen (secondary N) is 1. The van der Waals surface area contributed by atoms with E-state index in [0.29, 0.717) is 23.6 Å². The SMILES string of the molecule is COC(=O)CCc1ccc(/C=C/C(=O)Nc2ccc(Br)cc2)o1. The Morgan fingerprint density at radius 1 is 1.22 bits per heavy atom. The third kappa shape index (κ3) is 5.75. The molecule has 0 aliphatic carbocycles. The Labute approximate surface area is 142 Å². The maximum absolute atomic E-state index is 11.8. The molecule has 0 fully saturated rings. The van der Waals surface area contributed by atoms with Crippen molar-refractivity contribution in [2.24, 2.45) is 0 Å². The van der Waals surface area contributed by atoms with Crippen molar-refractivity contribution in [3.63, 3.8) is 0 Å². The predicted molar refractivity (Wildman–Crippen MR) is 90.9 cm³/mol. The average Bonchev–Trinajstić information content (AvgIpc) is 3.01. The van der Waals surface area contributed by atoms with Crippen LogP contribution in [-0.2, 0) is 20.7 Å². The summed E-state index contributed by atoms with van der Waals surface area (Å²) < 4.78 is 11.0. The van der Waals surface area contributed by atoms with Crippen molar-refractivity contribution < 1.29 is 18.7 Å². The van der Waals surface area contributed by atoms with Crippen molar-refractivity contribution in [2.45, 2.75) is 12.8 Å². The normalized spacial score (nSPS) is 10.7. The lowest BCUT2D eigenvalue weighted by molar-refractivity contribution is -0.140. The number of esters is 1. The molecule has 0 atom stereocenters. The fraction of sp³-hybridized carbons (Fsp3) is 0.176. The van der Waals surface area contributed by atoms with Crippen LogP contribution in [0.1, 0.15) is 17.9 Å². The van der Waals surface area contributed by atoms with Crippen LogP contribution >= 0.6 is 15.9 Å². The highest BCUT2D eigenvalue weighted by Crippen LogP contribution is 2.15. The molecule has 2 rings (SSSR count). The second-order valence-electron chi connectivity index (χ2n) is 4.71. The van der Waals surface area contributed by atoms with Crippen LogP contribution in [0.3, 0.4) is 0 Å². The Hall–Kier alpha value is -2.34. The maximum Gasteiger partial charge on any atom is 0.305 e. The van der Waals surface area contributed by atoms with Crippen molar-refractivity contribution >= 4 is 39.6 Å². The minimum absolute atomic E-state index is 0.250. The van der Waals surface area contributed by atoms with Gasteiger partial charge in [-0.15, -0.1) is 0 Å². The summed E-state index contributed by atoms with van der Waals surface area (Å²) in [5.74, 6) is 0.686. The van der Waals surface area contributed by atoms with Gasteiger partial charge >= 0.3 is 5.97 Å². The van der Waals surface area contributed by atoms with Gasteiger partial charge in [-0.3, -0.25) is 9.59 Å². The molecule has 0 unspecified atom stereocenters. The number of aryl methyl sites for hydroxylation is 1. The van der Waals surface area contributed by atoms with Crippen LogP contribution in [0.2, 0.25) is 0 Å². The quantitative estimate of drug-likeness (QED) is 0.613. The number of furan rings is 1. The number of rotatable bonds is 6. The van der Waals surface area contributed by atoms with Gasteiger partial charge in [0, 0.05) is 22.7 Å². The smallest absolute Gasteiger partial charge is 0.305 e. The topological polar surface area (TPSA) is 68.5 Å². The van der Waals surface area contributed by atoms with Crippen molar-refractivity contribution in [3.8, 4) is 0 Å². The number of hydrogen-bond acceptors (Lipinski definition) is 4. The van der Waals surface area contributed by atoms with Gasteiger partial charge in [0.15, 0.2) is 0 Å². The van der Waals surface area contributed by atoms with Gasteiger partial charge in [-0.2, -0.15) is 0 Å². The van der Waals surface area contributed by atoms with E-state index in [-0.39, 0.29) is 18.3 Å². The molecule has 0 radical (unpaired) electrons. The van der Waals surface area contributed by atoms with Gasteiger partial charge in [0.1, 0.15) is 11.5 Å². The van der Waals surface area contributed by atoms with E-state index in [1.165, 1.54) is 13.2 Å². The molecule has 0 saturated heterocycles. The first kappa shape index (κ1) is 17.0. The van der Waals surface area contributed by atoms with Crippen LogP contribution < -0.4 is 5.32 Å². The number of ether oxygens (including phenoxy) is 1. The number of methoxy groups -OCH3 is 1. The van der Waals surface area contributed by atoms with E-state index in [9.17, 15) is 9.59 Å². The third-order valence-electron chi connectivity index (χ3n) is 3.00. The van der Waals surface area contributed by atoms with E-state index in [1.807, 2.05) is 12.1 Å². The highest BCUT2D eigenvalue weighted by Gasteiger charge is 2.05. The van der Waals surface area contributed by atoms with E-state index in [0.717, 1.165) is 4.47 Å². The molecule has 1 N–H and O–H groups in total. The van der Waals surface area contributed by atoms with Gasteiger partial charge in [0.2, 0.25) is 5.91 Å². The number of hydrogen-bond donors (Lipinski definition) is 1. The molecule has 0 saturated carbocycles. The van der Waals surface area contributed by atoms with Gasteiger partial charge in [-0.25, -0.2) is 0 Å². The second kappa shape index (κ2) is 8.33. The number of halogens is 1. The summed E-state index contributed by atoms with van der Waals surface area (Å²) in [6.45, 7) is 0. The zero-order chi connectivity index (χ0) is 16.7. The van der Waals surface area contributed by atoms with Crippen LogP contribution in [0.15, 0.2) is 51.4 Å². The van der Waals surface area contributed by atoms with Gasteiger partial charge in [-0.05, 0) is 42.5 Å². The predicted octanol–water partition coefficient (Wildman–Crippen LogP) is 3.80. The molecule has 0 spiro atoms. The summed E-state index contributed by atoms with van der Waals surface area (Å²) in [5.41, 5.74) is 0.709. The molecule has 1 aromatic carbocycles. The fourth-order valence-corrected chi connectivity index (χ4v) is 2.09. The van der Waals surface area contributed by atoms with Crippen molar-refractivity contribution in [1.82, 2.24) is 0 Å². The number of carbonyl (C=O) groups excluding carboxylic acids is 2.